The van der Waals surface area contributed by atoms with Gasteiger partial charge in [0.05, 0.1) is 32.0 Å². The summed E-state index contributed by atoms with van der Waals surface area (Å²) in [6.07, 6.45) is 0.771. The van der Waals surface area contributed by atoms with Crippen LogP contribution in [-0.2, 0) is 27.5 Å². The second-order valence-corrected chi connectivity index (χ2v) is 7.66. The Labute approximate surface area is 124 Å². The Hall–Kier alpha value is -0.0231. The molecule has 0 amide bonds. The molecule has 0 saturated carbocycles. The zero-order valence-corrected chi connectivity index (χ0v) is 14.7. The zero-order valence-electron chi connectivity index (χ0n) is 13.7. The van der Waals surface area contributed by atoms with E-state index in [-0.39, 0.29) is 5.60 Å². The lowest BCUT2D eigenvalue weighted by molar-refractivity contribution is -0.0345. The highest BCUT2D eigenvalue weighted by Gasteiger charge is 2.40. The van der Waals surface area contributed by atoms with Crippen molar-refractivity contribution in [3.05, 3.63) is 0 Å². The molecule has 122 valence electrons. The summed E-state index contributed by atoms with van der Waals surface area (Å²) in [6.45, 7) is 8.48. The summed E-state index contributed by atoms with van der Waals surface area (Å²) in [7, 11) is 2.23. The van der Waals surface area contributed by atoms with Crippen LogP contribution in [0.2, 0.25) is 6.55 Å². The summed E-state index contributed by atoms with van der Waals surface area (Å²) < 4.78 is 32.8. The smallest absolute Gasteiger partial charge is 0.385 e. The van der Waals surface area contributed by atoms with Gasteiger partial charge in [0.15, 0.2) is 0 Å². The van der Waals surface area contributed by atoms with Gasteiger partial charge in [-0.2, -0.15) is 0 Å². The quantitative estimate of drug-likeness (QED) is 0.381. The molecule has 0 aromatic carbocycles. The first-order valence-corrected chi connectivity index (χ1v) is 9.06. The van der Waals surface area contributed by atoms with E-state index in [0.29, 0.717) is 33.0 Å². The molecule has 0 aromatic heterocycles. The predicted octanol–water partition coefficient (Wildman–Crippen LogP) is 1.71. The molecule has 0 aliphatic heterocycles. The van der Waals surface area contributed by atoms with Crippen LogP contribution in [0.3, 0.4) is 0 Å². The Morgan fingerprint density at radius 1 is 0.750 bits per heavy atom. The van der Waals surface area contributed by atoms with E-state index in [1.165, 1.54) is 0 Å². The summed E-state index contributed by atoms with van der Waals surface area (Å²) in [5.74, 6) is 0. The van der Waals surface area contributed by atoms with Gasteiger partial charge in [-0.3, -0.25) is 0 Å². The topological polar surface area (TPSA) is 55.4 Å². The highest BCUT2D eigenvalue weighted by molar-refractivity contribution is 6.59. The first-order chi connectivity index (χ1) is 9.39. The van der Waals surface area contributed by atoms with Gasteiger partial charge in [0, 0.05) is 34.5 Å². The van der Waals surface area contributed by atoms with Crippen molar-refractivity contribution in [2.45, 2.75) is 32.4 Å². The van der Waals surface area contributed by atoms with E-state index in [1.807, 2.05) is 20.4 Å². The van der Waals surface area contributed by atoms with E-state index in [9.17, 15) is 0 Å². The molecule has 0 atom stereocenters. The molecule has 0 aliphatic rings. The van der Waals surface area contributed by atoms with Crippen LogP contribution in [0, 0.1) is 0 Å². The average molecular weight is 310 g/mol. The lowest BCUT2D eigenvalue weighted by atomic mass is 10.1. The maximum atomic E-state index is 6.12. The maximum absolute atomic E-state index is 6.12. The summed E-state index contributed by atoms with van der Waals surface area (Å²) in [5, 5.41) is 0. The van der Waals surface area contributed by atoms with Gasteiger partial charge in [-0.25, -0.2) is 0 Å². The molecule has 0 spiro atoms. The van der Waals surface area contributed by atoms with Gasteiger partial charge in [0.2, 0.25) is 0 Å². The van der Waals surface area contributed by atoms with Gasteiger partial charge in [-0.15, -0.1) is 0 Å². The minimum absolute atomic E-state index is 0.364. The Bertz CT molecular complexity index is 227. The molecule has 0 rings (SSSR count). The fourth-order valence-corrected chi connectivity index (χ4v) is 3.84. The van der Waals surface area contributed by atoms with Gasteiger partial charge >= 0.3 is 8.80 Å². The van der Waals surface area contributed by atoms with Crippen LogP contribution >= 0.6 is 0 Å². The van der Waals surface area contributed by atoms with Crippen molar-refractivity contribution in [3.63, 3.8) is 0 Å². The van der Waals surface area contributed by atoms with Gasteiger partial charge in [-0.1, -0.05) is 0 Å². The van der Waals surface area contributed by atoms with E-state index >= 15 is 0 Å². The van der Waals surface area contributed by atoms with E-state index in [0.717, 1.165) is 6.42 Å². The van der Waals surface area contributed by atoms with E-state index in [4.69, 9.17) is 27.5 Å². The first-order valence-electron chi connectivity index (χ1n) is 6.84. The lowest BCUT2D eigenvalue weighted by Crippen LogP contribution is -2.50. The van der Waals surface area contributed by atoms with Gasteiger partial charge in [0.1, 0.15) is 0 Å². The van der Waals surface area contributed by atoms with Gasteiger partial charge in [0.25, 0.3) is 0 Å². The van der Waals surface area contributed by atoms with Crippen LogP contribution in [0.5, 0.6) is 0 Å². The largest absolute Gasteiger partial charge is 0.498 e. The molecule has 0 N–H and O–H groups in total. The lowest BCUT2D eigenvalue weighted by Gasteiger charge is -2.35. The Morgan fingerprint density at radius 3 is 1.60 bits per heavy atom. The molecular weight excluding hydrogens is 280 g/mol. The summed E-state index contributed by atoms with van der Waals surface area (Å²) in [5.41, 5.74) is -0.364. The molecular formula is C13H30O6Si. The first kappa shape index (κ1) is 20.0. The fourth-order valence-electron chi connectivity index (χ4n) is 1.62. The highest BCUT2D eigenvalue weighted by Crippen LogP contribution is 2.23. The molecule has 20 heavy (non-hydrogen) atoms. The molecule has 0 unspecified atom stereocenters. The van der Waals surface area contributed by atoms with E-state index in [2.05, 4.69) is 0 Å². The zero-order chi connectivity index (χ0) is 15.5. The van der Waals surface area contributed by atoms with E-state index in [1.54, 1.807) is 21.3 Å². The van der Waals surface area contributed by atoms with Crippen LogP contribution in [0.15, 0.2) is 0 Å². The van der Waals surface area contributed by atoms with Crippen molar-refractivity contribution in [2.24, 2.45) is 0 Å². The standard InChI is InChI=1S/C13H30O6Si/c1-13(2,7-8-14-3)19-20(6,17-11-9-15-4)18-12-10-16-5/h7-12H2,1-6H3. The van der Waals surface area contributed by atoms with Crippen LogP contribution in [-0.4, -0.2) is 68.8 Å². The predicted molar refractivity (Wildman–Crippen MR) is 78.9 cm³/mol. The summed E-state index contributed by atoms with van der Waals surface area (Å²) in [6, 6.07) is 0. The normalized spacial score (nSPS) is 12.9. The molecule has 0 saturated heterocycles. The van der Waals surface area contributed by atoms with E-state index < -0.39 is 8.80 Å². The maximum Gasteiger partial charge on any atom is 0.498 e. The van der Waals surface area contributed by atoms with Crippen LogP contribution < -0.4 is 0 Å². The third kappa shape index (κ3) is 9.81. The van der Waals surface area contributed by atoms with Gasteiger partial charge < -0.3 is 27.5 Å². The second-order valence-electron chi connectivity index (χ2n) is 5.15. The minimum atomic E-state index is -2.72. The average Bonchev–Trinajstić information content (AvgIpc) is 2.36. The van der Waals surface area contributed by atoms with Crippen LogP contribution in [0.25, 0.3) is 0 Å². The number of rotatable bonds is 13. The molecule has 0 aliphatic carbocycles. The van der Waals surface area contributed by atoms with Crippen molar-refractivity contribution in [1.82, 2.24) is 0 Å². The fraction of sp³-hybridized carbons (Fsp3) is 1.00. The monoisotopic (exact) mass is 310 g/mol. The summed E-state index contributed by atoms with van der Waals surface area (Å²) >= 11 is 0. The third-order valence-electron chi connectivity index (χ3n) is 2.67. The van der Waals surface area contributed by atoms with Crippen molar-refractivity contribution in [2.75, 3.05) is 54.4 Å². The number of hydrogen-bond acceptors (Lipinski definition) is 6. The van der Waals surface area contributed by atoms with Crippen LogP contribution in [0.1, 0.15) is 20.3 Å². The molecule has 0 aromatic rings. The summed E-state index contributed by atoms with van der Waals surface area (Å²) in [4.78, 5) is 0. The number of methoxy groups -OCH3 is 3. The molecule has 6 nitrogen and oxygen atoms in total. The Morgan fingerprint density at radius 2 is 1.20 bits per heavy atom. The number of ether oxygens (including phenoxy) is 3. The molecule has 0 fully saturated rings. The van der Waals surface area contributed by atoms with Gasteiger partial charge in [-0.05, 0) is 20.3 Å². The van der Waals surface area contributed by atoms with Crippen molar-refractivity contribution >= 4 is 8.80 Å². The second kappa shape index (κ2) is 10.7. The highest BCUT2D eigenvalue weighted by atomic mass is 28.4. The minimum Gasteiger partial charge on any atom is -0.385 e. The third-order valence-corrected chi connectivity index (χ3v) is 5.05. The molecule has 0 heterocycles. The Kier molecular flexibility index (Phi) is 10.7. The number of hydrogen-bond donors (Lipinski definition) is 0. The van der Waals surface area contributed by atoms with Crippen LogP contribution in [0.4, 0.5) is 0 Å². The van der Waals surface area contributed by atoms with Crippen molar-refractivity contribution in [3.8, 4) is 0 Å². The van der Waals surface area contributed by atoms with Crippen molar-refractivity contribution in [1.29, 1.82) is 0 Å². The molecule has 0 radical (unpaired) electrons. The van der Waals surface area contributed by atoms with Crippen molar-refractivity contribution < 1.29 is 27.5 Å². The SMILES string of the molecule is COCCO[Si](C)(OCCOC)OC(C)(C)CCOC. The Balaban J connectivity index is 4.47. The molecule has 7 heteroatoms. The molecule has 0 bridgehead atoms.